The number of benzene rings is 3. The molecule has 3 rings (SSSR count). The van der Waals surface area contributed by atoms with Gasteiger partial charge in [0, 0.05) is 5.56 Å². The zero-order valence-electron chi connectivity index (χ0n) is 18.4. The number of hydrogen-bond acceptors (Lipinski definition) is 6. The van der Waals surface area contributed by atoms with Crippen LogP contribution in [0.2, 0.25) is 0 Å². The molecule has 206 valence electrons. The number of alkyl halides is 6. The highest BCUT2D eigenvalue weighted by Crippen LogP contribution is 2.21. The molecule has 0 aliphatic heterocycles. The Morgan fingerprint density at radius 2 is 0.921 bits per heavy atom. The summed E-state index contributed by atoms with van der Waals surface area (Å²) in [5, 5.41) is 0. The van der Waals surface area contributed by atoms with Gasteiger partial charge in [-0.25, -0.2) is 16.8 Å². The fraction of sp³-hybridized carbons (Fsp3) is 0.0909. The Morgan fingerprint density at radius 1 is 0.579 bits per heavy atom. The van der Waals surface area contributed by atoms with Crippen molar-refractivity contribution in [2.45, 2.75) is 11.0 Å². The SMILES string of the molecule is C(#Cc1ccccc1)[I+]c1ccc([I+]c2ccccc2)cc1.O=S(=O)([O-])C(F)(F)F.O=S(=O)([O-])C(F)(F)F. The first-order chi connectivity index (χ1) is 17.4. The Kier molecular flexibility index (Phi) is 13.5. The van der Waals surface area contributed by atoms with Crippen LogP contribution in [-0.4, -0.2) is 37.0 Å². The van der Waals surface area contributed by atoms with Gasteiger partial charge >= 0.3 is 53.4 Å². The molecule has 0 unspecified atom stereocenters. The Morgan fingerprint density at radius 3 is 1.32 bits per heavy atom. The normalized spacial score (nSPS) is 11.6. The summed E-state index contributed by atoms with van der Waals surface area (Å²) < 4.78 is 125. The third-order valence-corrected chi connectivity index (χ3v) is 9.14. The summed E-state index contributed by atoms with van der Waals surface area (Å²) in [4.78, 5) is 0. The van der Waals surface area contributed by atoms with E-state index in [4.69, 9.17) is 25.9 Å². The van der Waals surface area contributed by atoms with Crippen molar-refractivity contribution in [2.24, 2.45) is 0 Å². The van der Waals surface area contributed by atoms with Crippen molar-refractivity contribution in [3.8, 4) is 9.85 Å². The molecule has 16 heteroatoms. The lowest BCUT2D eigenvalue weighted by molar-refractivity contribution is -0.598. The molecule has 0 bridgehead atoms. The Labute approximate surface area is 235 Å². The van der Waals surface area contributed by atoms with Crippen LogP contribution >= 0.6 is 0 Å². The average Bonchev–Trinajstić information content (AvgIpc) is 2.80. The molecule has 3 aromatic carbocycles. The molecule has 0 fully saturated rings. The van der Waals surface area contributed by atoms with Crippen molar-refractivity contribution in [3.05, 3.63) is 101 Å². The highest BCUT2D eigenvalue weighted by atomic mass is 127. The van der Waals surface area contributed by atoms with Gasteiger partial charge in [0.1, 0.15) is 0 Å². The minimum absolute atomic E-state index is 0.0582. The van der Waals surface area contributed by atoms with Crippen LogP contribution in [0, 0.1) is 20.6 Å². The standard InChI is InChI=1S/C20H14I2.2CHF3O3S/c1-3-7-17(8-4-1)15-16-21-18-11-13-20(14-12-18)22-19-9-5-2-6-10-19;2*2-1(3,4)8(5,6)7/h1-14H;2*(H,5,6,7)/q+2;;/p-2. The van der Waals surface area contributed by atoms with E-state index in [0.29, 0.717) is 0 Å². The largest absolute Gasteiger partial charge is 0.741 e. The van der Waals surface area contributed by atoms with Gasteiger partial charge in [-0.3, -0.25) is 0 Å². The lowest BCUT2D eigenvalue weighted by atomic mass is 10.2. The molecule has 0 aliphatic carbocycles. The lowest BCUT2D eigenvalue weighted by Crippen LogP contribution is -3.61. The van der Waals surface area contributed by atoms with Gasteiger partial charge in [0.25, 0.3) is 0 Å². The van der Waals surface area contributed by atoms with E-state index in [2.05, 4.69) is 76.6 Å². The van der Waals surface area contributed by atoms with Gasteiger partial charge in [0.15, 0.2) is 31.3 Å². The second-order valence-electron chi connectivity index (χ2n) is 6.31. The van der Waals surface area contributed by atoms with E-state index in [1.165, 1.54) is 10.7 Å². The maximum atomic E-state index is 10.7. The fourth-order valence-corrected chi connectivity index (χ4v) is 5.50. The molecule has 0 radical (unpaired) electrons. The van der Waals surface area contributed by atoms with Crippen molar-refractivity contribution in [1.82, 2.24) is 0 Å². The first-order valence-electron chi connectivity index (χ1n) is 9.44. The molecule has 0 saturated heterocycles. The molecule has 3 aromatic rings. The number of rotatable bonds is 3. The Bertz CT molecular complexity index is 1380. The summed E-state index contributed by atoms with van der Waals surface area (Å²) in [7, 11) is -12.2. The van der Waals surface area contributed by atoms with Crippen LogP contribution in [0.5, 0.6) is 0 Å². The minimum atomic E-state index is -6.09. The van der Waals surface area contributed by atoms with E-state index in [1.807, 2.05) is 18.2 Å². The van der Waals surface area contributed by atoms with Crippen molar-refractivity contribution in [1.29, 1.82) is 0 Å². The predicted molar refractivity (Wildman–Crippen MR) is 114 cm³/mol. The molecular weight excluding hydrogens is 792 g/mol. The van der Waals surface area contributed by atoms with Gasteiger partial charge in [-0.15, -0.1) is 0 Å². The summed E-state index contributed by atoms with van der Waals surface area (Å²) >= 11 is -0.279. The number of halogens is 8. The molecule has 0 spiro atoms. The monoisotopic (exact) mass is 806 g/mol. The van der Waals surface area contributed by atoms with E-state index in [1.54, 1.807) is 0 Å². The van der Waals surface area contributed by atoms with E-state index < -0.39 is 31.3 Å². The van der Waals surface area contributed by atoms with Crippen LogP contribution in [0.4, 0.5) is 26.3 Å². The molecule has 0 N–H and O–H groups in total. The van der Waals surface area contributed by atoms with Gasteiger partial charge in [0.2, 0.25) is 3.57 Å². The van der Waals surface area contributed by atoms with Gasteiger partial charge in [-0.2, -0.15) is 26.3 Å². The van der Waals surface area contributed by atoms with Crippen LogP contribution in [0.15, 0.2) is 84.9 Å². The van der Waals surface area contributed by atoms with Gasteiger partial charge < -0.3 is 9.11 Å². The van der Waals surface area contributed by atoms with Crippen LogP contribution in [-0.2, 0) is 20.2 Å². The van der Waals surface area contributed by atoms with Gasteiger partial charge in [-0.05, 0) is 54.5 Å². The van der Waals surface area contributed by atoms with Crippen LogP contribution in [0.25, 0.3) is 0 Å². The molecule has 0 aliphatic rings. The second kappa shape index (κ2) is 15.0. The zero-order valence-corrected chi connectivity index (χ0v) is 24.3. The molecule has 0 heterocycles. The van der Waals surface area contributed by atoms with E-state index >= 15 is 0 Å². The topological polar surface area (TPSA) is 114 Å². The van der Waals surface area contributed by atoms with Gasteiger partial charge in [-0.1, -0.05) is 36.4 Å². The Balaban J connectivity index is 0.000000374. The molecular formula is C22H14F6I2O6S2. The first kappa shape index (κ1) is 34.1. The van der Waals surface area contributed by atoms with Gasteiger partial charge in [0.05, 0.1) is 0 Å². The quantitative estimate of drug-likeness (QED) is 0.102. The van der Waals surface area contributed by atoms with Crippen molar-refractivity contribution >= 4 is 20.2 Å². The molecule has 0 aromatic heterocycles. The summed E-state index contributed by atoms with van der Waals surface area (Å²) in [5.74, 6) is 3.25. The first-order valence-corrected chi connectivity index (χ1v) is 16.6. The third kappa shape index (κ3) is 13.7. The molecule has 0 amide bonds. The van der Waals surface area contributed by atoms with Crippen LogP contribution < -0.4 is 42.4 Å². The molecule has 0 saturated carbocycles. The van der Waals surface area contributed by atoms with Crippen LogP contribution in [0.1, 0.15) is 5.56 Å². The zero-order chi connectivity index (χ0) is 29.0. The number of hydrogen-bond donors (Lipinski definition) is 0. The van der Waals surface area contributed by atoms with E-state index in [-0.39, 0.29) is 42.4 Å². The summed E-state index contributed by atoms with van der Waals surface area (Å²) in [6, 6.07) is 30.0. The fourth-order valence-electron chi connectivity index (χ4n) is 1.81. The molecule has 6 nitrogen and oxygen atoms in total. The second-order valence-corrected chi connectivity index (χ2v) is 14.4. The maximum Gasteiger partial charge on any atom is 0.485 e. The van der Waals surface area contributed by atoms with Crippen LogP contribution in [0.3, 0.4) is 0 Å². The van der Waals surface area contributed by atoms with Crippen molar-refractivity contribution in [2.75, 3.05) is 0 Å². The summed E-state index contributed by atoms with van der Waals surface area (Å²) in [6.45, 7) is 0. The molecule has 0 atom stereocenters. The highest BCUT2D eigenvalue weighted by Gasteiger charge is 2.37. The predicted octanol–water partition coefficient (Wildman–Crippen LogP) is -1.81. The maximum absolute atomic E-state index is 10.7. The summed E-state index contributed by atoms with van der Waals surface area (Å²) in [5.41, 5.74) is -10.2. The van der Waals surface area contributed by atoms with E-state index in [9.17, 15) is 26.3 Å². The average molecular weight is 806 g/mol. The Hall–Kier alpha value is -1.92. The van der Waals surface area contributed by atoms with E-state index in [0.717, 1.165) is 5.56 Å². The minimum Gasteiger partial charge on any atom is -0.741 e. The highest BCUT2D eigenvalue weighted by molar-refractivity contribution is 7.86. The third-order valence-electron chi connectivity index (χ3n) is 3.44. The lowest BCUT2D eigenvalue weighted by Gasteiger charge is -2.08. The molecule has 38 heavy (non-hydrogen) atoms. The van der Waals surface area contributed by atoms with Crippen molar-refractivity contribution < 1.29 is 94.7 Å². The van der Waals surface area contributed by atoms with Crippen molar-refractivity contribution in [3.63, 3.8) is 0 Å². The summed E-state index contributed by atoms with van der Waals surface area (Å²) in [6.07, 6.45) is 0. The smallest absolute Gasteiger partial charge is 0.485 e.